The number of aryl methyl sites for hydroxylation is 1. The van der Waals surface area contributed by atoms with Crippen LogP contribution in [0.3, 0.4) is 0 Å². The Morgan fingerprint density at radius 3 is 2.57 bits per heavy atom. The van der Waals surface area contributed by atoms with Gasteiger partial charge in [-0.25, -0.2) is 0 Å². The molecule has 0 amide bonds. The van der Waals surface area contributed by atoms with E-state index in [4.69, 9.17) is 9.15 Å². The molecule has 2 rings (SSSR count). The molecule has 0 atom stereocenters. The third kappa shape index (κ3) is 2.36. The number of nitrogens with zero attached hydrogens (tertiary/aromatic N) is 1. The molecule has 1 aromatic rings. The highest BCUT2D eigenvalue weighted by Crippen LogP contribution is 2.11. The molecule has 0 spiro atoms. The molecule has 1 aliphatic rings. The summed E-state index contributed by atoms with van der Waals surface area (Å²) in [5, 5.41) is 0. The van der Waals surface area contributed by atoms with Crippen molar-refractivity contribution < 1.29 is 9.15 Å². The molecule has 78 valence electrons. The molecule has 1 fully saturated rings. The second-order valence-corrected chi connectivity index (χ2v) is 3.61. The zero-order valence-electron chi connectivity index (χ0n) is 8.66. The molecule has 3 heteroatoms. The van der Waals surface area contributed by atoms with E-state index in [2.05, 4.69) is 24.0 Å². The van der Waals surface area contributed by atoms with Crippen molar-refractivity contribution >= 4 is 0 Å². The minimum Gasteiger partial charge on any atom is -0.465 e. The summed E-state index contributed by atoms with van der Waals surface area (Å²) in [7, 11) is 0. The van der Waals surface area contributed by atoms with Crippen molar-refractivity contribution in [2.24, 2.45) is 0 Å². The van der Waals surface area contributed by atoms with E-state index in [1.165, 1.54) is 0 Å². The van der Waals surface area contributed by atoms with Crippen LogP contribution >= 0.6 is 0 Å². The van der Waals surface area contributed by atoms with Crippen LogP contribution in [0, 0.1) is 0 Å². The molecule has 1 aromatic heterocycles. The van der Waals surface area contributed by atoms with Gasteiger partial charge in [0.1, 0.15) is 11.5 Å². The van der Waals surface area contributed by atoms with E-state index >= 15 is 0 Å². The highest BCUT2D eigenvalue weighted by Gasteiger charge is 2.12. The zero-order chi connectivity index (χ0) is 9.80. The SMILES string of the molecule is CCc1ccc(CN2CCOCC2)o1. The lowest BCUT2D eigenvalue weighted by Gasteiger charge is -2.25. The Bertz CT molecular complexity index is 277. The topological polar surface area (TPSA) is 25.6 Å². The first kappa shape index (κ1) is 9.74. The number of morpholine rings is 1. The van der Waals surface area contributed by atoms with Crippen molar-refractivity contribution in [3.8, 4) is 0 Å². The van der Waals surface area contributed by atoms with Gasteiger partial charge in [0.25, 0.3) is 0 Å². The lowest BCUT2D eigenvalue weighted by molar-refractivity contribution is 0.0312. The van der Waals surface area contributed by atoms with E-state index in [1.54, 1.807) is 0 Å². The lowest BCUT2D eigenvalue weighted by Crippen LogP contribution is -2.35. The summed E-state index contributed by atoms with van der Waals surface area (Å²) in [6.45, 7) is 6.76. The Morgan fingerprint density at radius 2 is 1.93 bits per heavy atom. The molecule has 14 heavy (non-hydrogen) atoms. The molecule has 0 saturated carbocycles. The molecule has 2 heterocycles. The number of ether oxygens (including phenoxy) is 1. The van der Waals surface area contributed by atoms with Crippen LogP contribution in [0.4, 0.5) is 0 Å². The van der Waals surface area contributed by atoms with Crippen LogP contribution in [0.1, 0.15) is 18.4 Å². The maximum absolute atomic E-state index is 5.65. The highest BCUT2D eigenvalue weighted by molar-refractivity contribution is 5.06. The van der Waals surface area contributed by atoms with E-state index < -0.39 is 0 Å². The van der Waals surface area contributed by atoms with Crippen LogP contribution in [-0.2, 0) is 17.7 Å². The van der Waals surface area contributed by atoms with Crippen molar-refractivity contribution in [2.45, 2.75) is 19.9 Å². The average Bonchev–Trinajstić information content (AvgIpc) is 2.67. The van der Waals surface area contributed by atoms with E-state index in [0.29, 0.717) is 0 Å². The normalized spacial score (nSPS) is 18.6. The monoisotopic (exact) mass is 195 g/mol. The molecular formula is C11H17NO2. The minimum absolute atomic E-state index is 0.849. The van der Waals surface area contributed by atoms with Crippen molar-refractivity contribution in [2.75, 3.05) is 26.3 Å². The largest absolute Gasteiger partial charge is 0.465 e. The van der Waals surface area contributed by atoms with Gasteiger partial charge < -0.3 is 9.15 Å². The van der Waals surface area contributed by atoms with Crippen molar-refractivity contribution in [1.82, 2.24) is 4.90 Å². The molecule has 0 aromatic carbocycles. The van der Waals surface area contributed by atoms with E-state index in [0.717, 1.165) is 50.8 Å². The predicted molar refractivity (Wildman–Crippen MR) is 54.2 cm³/mol. The van der Waals surface area contributed by atoms with Crippen LogP contribution in [0.25, 0.3) is 0 Å². The van der Waals surface area contributed by atoms with Crippen LogP contribution in [0.15, 0.2) is 16.5 Å². The van der Waals surface area contributed by atoms with Gasteiger partial charge in [0.2, 0.25) is 0 Å². The van der Waals surface area contributed by atoms with Gasteiger partial charge in [-0.1, -0.05) is 6.92 Å². The van der Waals surface area contributed by atoms with E-state index in [-0.39, 0.29) is 0 Å². The Labute approximate surface area is 84.6 Å². The number of hydrogen-bond acceptors (Lipinski definition) is 3. The van der Waals surface area contributed by atoms with Crippen molar-refractivity contribution in [3.05, 3.63) is 23.7 Å². The van der Waals surface area contributed by atoms with Gasteiger partial charge in [-0.2, -0.15) is 0 Å². The zero-order valence-corrected chi connectivity index (χ0v) is 8.66. The maximum atomic E-state index is 5.65. The lowest BCUT2D eigenvalue weighted by atomic mass is 10.3. The van der Waals surface area contributed by atoms with Crippen molar-refractivity contribution in [3.63, 3.8) is 0 Å². The number of furan rings is 1. The van der Waals surface area contributed by atoms with E-state index in [1.807, 2.05) is 0 Å². The van der Waals surface area contributed by atoms with Crippen molar-refractivity contribution in [1.29, 1.82) is 0 Å². The quantitative estimate of drug-likeness (QED) is 0.733. The maximum Gasteiger partial charge on any atom is 0.118 e. The molecule has 0 aliphatic carbocycles. The summed E-state index contributed by atoms with van der Waals surface area (Å²) in [5.41, 5.74) is 0. The van der Waals surface area contributed by atoms with Gasteiger partial charge >= 0.3 is 0 Å². The third-order valence-corrected chi connectivity index (χ3v) is 2.55. The van der Waals surface area contributed by atoms with Crippen LogP contribution in [-0.4, -0.2) is 31.2 Å². The first-order valence-electron chi connectivity index (χ1n) is 5.26. The summed E-state index contributed by atoms with van der Waals surface area (Å²) in [4.78, 5) is 2.36. The molecule has 1 saturated heterocycles. The summed E-state index contributed by atoms with van der Waals surface area (Å²) < 4.78 is 10.9. The third-order valence-electron chi connectivity index (χ3n) is 2.55. The second-order valence-electron chi connectivity index (χ2n) is 3.61. The van der Waals surface area contributed by atoms with Gasteiger partial charge in [0.05, 0.1) is 19.8 Å². The molecule has 0 radical (unpaired) electrons. The Kier molecular flexibility index (Phi) is 3.22. The second kappa shape index (κ2) is 4.62. The molecule has 0 unspecified atom stereocenters. The fourth-order valence-electron chi connectivity index (χ4n) is 1.68. The van der Waals surface area contributed by atoms with Crippen LogP contribution < -0.4 is 0 Å². The highest BCUT2D eigenvalue weighted by atomic mass is 16.5. The van der Waals surface area contributed by atoms with Gasteiger partial charge in [-0.3, -0.25) is 4.90 Å². The summed E-state index contributed by atoms with van der Waals surface area (Å²) in [6, 6.07) is 4.14. The minimum atomic E-state index is 0.849. The standard InChI is InChI=1S/C11H17NO2/c1-2-10-3-4-11(14-10)9-12-5-7-13-8-6-12/h3-4H,2,5-9H2,1H3. The molecule has 0 bridgehead atoms. The molecule has 0 N–H and O–H groups in total. The Balaban J connectivity index is 1.89. The molecular weight excluding hydrogens is 178 g/mol. The summed E-state index contributed by atoms with van der Waals surface area (Å²) in [5.74, 6) is 2.15. The fraction of sp³-hybridized carbons (Fsp3) is 0.636. The van der Waals surface area contributed by atoms with Gasteiger partial charge in [-0.15, -0.1) is 0 Å². The summed E-state index contributed by atoms with van der Waals surface area (Å²) >= 11 is 0. The Morgan fingerprint density at radius 1 is 1.21 bits per heavy atom. The Hall–Kier alpha value is -0.800. The van der Waals surface area contributed by atoms with Gasteiger partial charge in [0.15, 0.2) is 0 Å². The van der Waals surface area contributed by atoms with Crippen LogP contribution in [0.5, 0.6) is 0 Å². The number of hydrogen-bond donors (Lipinski definition) is 0. The van der Waals surface area contributed by atoms with Crippen LogP contribution in [0.2, 0.25) is 0 Å². The fourth-order valence-corrected chi connectivity index (χ4v) is 1.68. The summed E-state index contributed by atoms with van der Waals surface area (Å²) in [6.07, 6.45) is 0.975. The first-order valence-corrected chi connectivity index (χ1v) is 5.26. The average molecular weight is 195 g/mol. The molecule has 3 nitrogen and oxygen atoms in total. The molecule has 1 aliphatic heterocycles. The van der Waals surface area contributed by atoms with Gasteiger partial charge in [-0.05, 0) is 12.1 Å². The van der Waals surface area contributed by atoms with Gasteiger partial charge in [0, 0.05) is 19.5 Å². The predicted octanol–water partition coefficient (Wildman–Crippen LogP) is 1.67. The smallest absolute Gasteiger partial charge is 0.118 e. The number of rotatable bonds is 3. The van der Waals surface area contributed by atoms with E-state index in [9.17, 15) is 0 Å². The first-order chi connectivity index (χ1) is 6.88.